The molecule has 1 aliphatic rings. The zero-order valence-electron chi connectivity index (χ0n) is 15.5. The van der Waals surface area contributed by atoms with Crippen LogP contribution in [-0.2, 0) is 17.9 Å². The molecule has 30 heavy (non-hydrogen) atoms. The van der Waals surface area contributed by atoms with Gasteiger partial charge in [0.25, 0.3) is 5.91 Å². The molecular formula is C20H16F3N3O4. The molecule has 2 amide bonds. The number of nitriles is 1. The van der Waals surface area contributed by atoms with Gasteiger partial charge in [0, 0.05) is 6.54 Å². The fourth-order valence-corrected chi connectivity index (χ4v) is 2.99. The van der Waals surface area contributed by atoms with Crippen LogP contribution >= 0.6 is 0 Å². The van der Waals surface area contributed by atoms with Crippen LogP contribution in [0.1, 0.15) is 21.5 Å². The largest absolute Gasteiger partial charge is 0.573 e. The van der Waals surface area contributed by atoms with E-state index in [2.05, 4.69) is 10.1 Å². The van der Waals surface area contributed by atoms with Gasteiger partial charge in [-0.3, -0.25) is 4.79 Å². The molecule has 156 valence electrons. The Kier molecular flexibility index (Phi) is 6.11. The molecule has 1 heterocycles. The van der Waals surface area contributed by atoms with Crippen molar-refractivity contribution in [2.75, 3.05) is 6.54 Å². The van der Waals surface area contributed by atoms with Gasteiger partial charge in [-0.1, -0.05) is 42.5 Å². The Morgan fingerprint density at radius 1 is 1.20 bits per heavy atom. The second-order valence-electron chi connectivity index (χ2n) is 6.36. The van der Waals surface area contributed by atoms with Gasteiger partial charge in [-0.15, -0.1) is 13.2 Å². The quantitative estimate of drug-likeness (QED) is 0.775. The van der Waals surface area contributed by atoms with E-state index in [1.807, 2.05) is 12.1 Å². The van der Waals surface area contributed by atoms with Crippen LogP contribution < -0.4 is 10.1 Å². The third-order valence-electron chi connectivity index (χ3n) is 4.33. The molecule has 0 spiro atoms. The summed E-state index contributed by atoms with van der Waals surface area (Å²) in [5, 5.41) is 11.8. The van der Waals surface area contributed by atoms with Crippen molar-refractivity contribution in [3.8, 4) is 11.8 Å². The van der Waals surface area contributed by atoms with Crippen molar-refractivity contribution >= 4 is 12.0 Å². The first kappa shape index (κ1) is 21.0. The summed E-state index contributed by atoms with van der Waals surface area (Å²) in [7, 11) is 0. The lowest BCUT2D eigenvalue weighted by molar-refractivity contribution is -0.274. The lowest BCUT2D eigenvalue weighted by atomic mass is 10.1. The van der Waals surface area contributed by atoms with E-state index in [1.54, 1.807) is 24.3 Å². The predicted molar refractivity (Wildman–Crippen MR) is 97.0 cm³/mol. The molecule has 1 N–H and O–H groups in total. The third-order valence-corrected chi connectivity index (χ3v) is 4.33. The lowest BCUT2D eigenvalue weighted by Gasteiger charge is -2.22. The maximum absolute atomic E-state index is 12.6. The molecule has 1 aliphatic heterocycles. The van der Waals surface area contributed by atoms with Crippen molar-refractivity contribution < 1.29 is 32.2 Å². The summed E-state index contributed by atoms with van der Waals surface area (Å²) < 4.78 is 46.8. The number of amides is 2. The molecule has 2 aromatic carbocycles. The fourth-order valence-electron chi connectivity index (χ4n) is 2.99. The zero-order valence-corrected chi connectivity index (χ0v) is 15.5. The summed E-state index contributed by atoms with van der Waals surface area (Å²) in [5.74, 6) is -1.41. The monoisotopic (exact) mass is 419 g/mol. The Bertz CT molecular complexity index is 973. The standard InChI is InChI=1S/C20H16F3N3O4/c21-20(22,23)30-16-8-4-7-14-11-26(18(27)17(14)16)15(9-24)10-25-19(28)29-12-13-5-2-1-3-6-13/h1-8,15H,10-12H2,(H,25,28). The Hall–Kier alpha value is -3.74. The van der Waals surface area contributed by atoms with E-state index in [0.29, 0.717) is 5.56 Å². The van der Waals surface area contributed by atoms with Gasteiger partial charge in [-0.05, 0) is 17.2 Å². The molecule has 1 unspecified atom stereocenters. The minimum absolute atomic E-state index is 0.0239. The Balaban J connectivity index is 1.62. The number of ether oxygens (including phenoxy) is 2. The van der Waals surface area contributed by atoms with Crippen LogP contribution in [0, 0.1) is 11.3 Å². The number of halogens is 3. The third kappa shape index (κ3) is 5.00. The Morgan fingerprint density at radius 3 is 2.60 bits per heavy atom. The van der Waals surface area contributed by atoms with E-state index in [0.717, 1.165) is 16.5 Å². The average molecular weight is 419 g/mol. The minimum atomic E-state index is -4.96. The molecule has 0 saturated heterocycles. The first-order chi connectivity index (χ1) is 14.3. The summed E-state index contributed by atoms with van der Waals surface area (Å²) in [6.07, 6.45) is -5.74. The molecule has 0 fully saturated rings. The molecule has 0 aromatic heterocycles. The van der Waals surface area contributed by atoms with Gasteiger partial charge in [0.2, 0.25) is 0 Å². The number of nitrogens with one attached hydrogen (secondary N) is 1. The Labute approximate surface area is 169 Å². The summed E-state index contributed by atoms with van der Waals surface area (Å²) in [6.45, 7) is -0.308. The van der Waals surface area contributed by atoms with Crippen molar-refractivity contribution in [2.45, 2.75) is 25.6 Å². The highest BCUT2D eigenvalue weighted by molar-refractivity contribution is 6.01. The highest BCUT2D eigenvalue weighted by Gasteiger charge is 2.39. The van der Waals surface area contributed by atoms with E-state index < -0.39 is 30.2 Å². The smallest absolute Gasteiger partial charge is 0.445 e. The average Bonchev–Trinajstić information content (AvgIpc) is 3.04. The van der Waals surface area contributed by atoms with Gasteiger partial charge >= 0.3 is 12.5 Å². The van der Waals surface area contributed by atoms with Gasteiger partial charge < -0.3 is 19.7 Å². The summed E-state index contributed by atoms with van der Waals surface area (Å²) in [5.41, 5.74) is 0.822. The van der Waals surface area contributed by atoms with Crippen molar-refractivity contribution in [2.24, 2.45) is 0 Å². The lowest BCUT2D eigenvalue weighted by Crippen LogP contribution is -2.43. The van der Waals surface area contributed by atoms with Gasteiger partial charge in [-0.2, -0.15) is 5.26 Å². The van der Waals surface area contributed by atoms with Crippen LogP contribution in [0.15, 0.2) is 48.5 Å². The fraction of sp³-hybridized carbons (Fsp3) is 0.250. The molecule has 2 aromatic rings. The molecule has 0 bridgehead atoms. The van der Waals surface area contributed by atoms with Crippen molar-refractivity contribution in [1.29, 1.82) is 5.26 Å². The number of carbonyl (C=O) groups is 2. The molecule has 10 heteroatoms. The van der Waals surface area contributed by atoms with Gasteiger partial charge in [0.05, 0.1) is 18.2 Å². The van der Waals surface area contributed by atoms with Crippen LogP contribution in [0.4, 0.5) is 18.0 Å². The second-order valence-corrected chi connectivity index (χ2v) is 6.36. The minimum Gasteiger partial charge on any atom is -0.445 e. The van der Waals surface area contributed by atoms with Crippen molar-refractivity contribution in [3.63, 3.8) is 0 Å². The summed E-state index contributed by atoms with van der Waals surface area (Å²) in [4.78, 5) is 25.6. The first-order valence-electron chi connectivity index (χ1n) is 8.81. The highest BCUT2D eigenvalue weighted by Crippen LogP contribution is 2.34. The van der Waals surface area contributed by atoms with Gasteiger partial charge in [-0.25, -0.2) is 4.79 Å². The van der Waals surface area contributed by atoms with E-state index in [-0.39, 0.29) is 25.3 Å². The van der Waals surface area contributed by atoms with Crippen LogP contribution in [0.3, 0.4) is 0 Å². The summed E-state index contributed by atoms with van der Waals surface area (Å²) >= 11 is 0. The molecule has 1 atom stereocenters. The van der Waals surface area contributed by atoms with E-state index >= 15 is 0 Å². The number of hydrogen-bond acceptors (Lipinski definition) is 5. The zero-order chi connectivity index (χ0) is 21.7. The number of fused-ring (bicyclic) bond motifs is 1. The summed E-state index contributed by atoms with van der Waals surface area (Å²) in [6, 6.07) is 13.6. The maximum atomic E-state index is 12.6. The number of alkyl halides is 3. The molecule has 0 radical (unpaired) electrons. The molecule has 0 aliphatic carbocycles. The highest BCUT2D eigenvalue weighted by atomic mass is 19.4. The maximum Gasteiger partial charge on any atom is 0.573 e. The van der Waals surface area contributed by atoms with Gasteiger partial charge in [0.15, 0.2) is 0 Å². The number of benzene rings is 2. The van der Waals surface area contributed by atoms with Crippen LogP contribution in [0.2, 0.25) is 0 Å². The van der Waals surface area contributed by atoms with E-state index in [1.165, 1.54) is 12.1 Å². The van der Waals surface area contributed by atoms with E-state index in [9.17, 15) is 28.0 Å². The van der Waals surface area contributed by atoms with E-state index in [4.69, 9.17) is 4.74 Å². The van der Waals surface area contributed by atoms with Crippen molar-refractivity contribution in [3.05, 3.63) is 65.2 Å². The number of nitrogens with zero attached hydrogens (tertiary/aromatic N) is 2. The number of carbonyl (C=O) groups excluding carboxylic acids is 2. The second kappa shape index (κ2) is 8.73. The SMILES string of the molecule is N#CC(CNC(=O)OCc1ccccc1)N1Cc2cccc(OC(F)(F)F)c2C1=O. The topological polar surface area (TPSA) is 91.7 Å². The molecule has 0 saturated carbocycles. The van der Waals surface area contributed by atoms with Gasteiger partial charge in [0.1, 0.15) is 18.4 Å². The number of rotatable bonds is 6. The normalized spacial score (nSPS) is 13.9. The predicted octanol–water partition coefficient (Wildman–Crippen LogP) is 3.36. The molecular weight excluding hydrogens is 403 g/mol. The van der Waals surface area contributed by atoms with Crippen molar-refractivity contribution in [1.82, 2.24) is 10.2 Å². The number of alkyl carbamates (subject to hydrolysis) is 1. The van der Waals surface area contributed by atoms with Crippen LogP contribution in [-0.4, -0.2) is 35.8 Å². The van der Waals surface area contributed by atoms with Crippen LogP contribution in [0.25, 0.3) is 0 Å². The Morgan fingerprint density at radius 2 is 1.93 bits per heavy atom. The van der Waals surface area contributed by atoms with Crippen LogP contribution in [0.5, 0.6) is 5.75 Å². The molecule has 3 rings (SSSR count). The first-order valence-corrected chi connectivity index (χ1v) is 8.81. The molecule has 7 nitrogen and oxygen atoms in total. The number of hydrogen-bond donors (Lipinski definition) is 1.